The number of halogens is 3. The fourth-order valence-electron chi connectivity index (χ4n) is 3.44. The number of nitrogens with zero attached hydrogens (tertiary/aromatic N) is 3. The lowest BCUT2D eigenvalue weighted by Gasteiger charge is -2.22. The van der Waals surface area contributed by atoms with Crippen LogP contribution in [0.15, 0.2) is 23.4 Å². The molecule has 1 saturated heterocycles. The summed E-state index contributed by atoms with van der Waals surface area (Å²) in [6.07, 6.45) is -1.15. The molecular formula is C19H18F3N5O3S. The second-order valence-corrected chi connectivity index (χ2v) is 8.04. The average Bonchev–Trinajstić information content (AvgIpc) is 3.30. The summed E-state index contributed by atoms with van der Waals surface area (Å²) in [5.41, 5.74) is 5.57. The SMILES string of the molecule is CC(Nc1ccc2c(c1F)OCCn1cc(N3C(=C=O)SC[C@H]3C(F)F)nc1-2)C(N)=O. The van der Waals surface area contributed by atoms with Crippen LogP contribution in [0.2, 0.25) is 0 Å². The first-order valence-corrected chi connectivity index (χ1v) is 10.3. The molecule has 1 unspecified atom stereocenters. The molecule has 0 bridgehead atoms. The minimum Gasteiger partial charge on any atom is -0.488 e. The van der Waals surface area contributed by atoms with Crippen molar-refractivity contribution in [1.29, 1.82) is 0 Å². The highest BCUT2D eigenvalue weighted by Crippen LogP contribution is 2.42. The van der Waals surface area contributed by atoms with E-state index in [1.54, 1.807) is 16.6 Å². The Morgan fingerprint density at radius 3 is 2.90 bits per heavy atom. The Balaban J connectivity index is 1.76. The van der Waals surface area contributed by atoms with E-state index in [4.69, 9.17) is 10.5 Å². The van der Waals surface area contributed by atoms with E-state index in [0.29, 0.717) is 11.4 Å². The number of aromatic nitrogens is 2. The van der Waals surface area contributed by atoms with Crippen LogP contribution in [0.1, 0.15) is 6.92 Å². The van der Waals surface area contributed by atoms with Crippen LogP contribution in [0.5, 0.6) is 5.75 Å². The van der Waals surface area contributed by atoms with Gasteiger partial charge in [-0.15, -0.1) is 0 Å². The van der Waals surface area contributed by atoms with Crippen LogP contribution >= 0.6 is 11.8 Å². The van der Waals surface area contributed by atoms with Crippen molar-refractivity contribution in [2.75, 3.05) is 22.6 Å². The monoisotopic (exact) mass is 453 g/mol. The maximum absolute atomic E-state index is 15.1. The number of hydrogen-bond acceptors (Lipinski definition) is 7. The second kappa shape index (κ2) is 8.20. The highest BCUT2D eigenvalue weighted by Gasteiger charge is 2.39. The number of imidazole rings is 1. The lowest BCUT2D eigenvalue weighted by molar-refractivity contribution is -0.118. The Kier molecular flexibility index (Phi) is 5.59. The van der Waals surface area contributed by atoms with Crippen LogP contribution in [0.3, 0.4) is 0 Å². The number of nitrogens with two attached hydrogens (primary N) is 1. The van der Waals surface area contributed by atoms with Gasteiger partial charge in [0.25, 0.3) is 6.43 Å². The van der Waals surface area contributed by atoms with Gasteiger partial charge >= 0.3 is 0 Å². The molecule has 1 aromatic heterocycles. The molecule has 164 valence electrons. The van der Waals surface area contributed by atoms with E-state index in [9.17, 15) is 18.4 Å². The molecule has 2 atom stereocenters. The van der Waals surface area contributed by atoms with Gasteiger partial charge in [0.1, 0.15) is 24.5 Å². The summed E-state index contributed by atoms with van der Waals surface area (Å²) < 4.78 is 49.3. The van der Waals surface area contributed by atoms with Gasteiger partial charge in [-0.05, 0) is 19.1 Å². The van der Waals surface area contributed by atoms with Crippen LogP contribution in [-0.4, -0.2) is 52.3 Å². The lowest BCUT2D eigenvalue weighted by atomic mass is 10.1. The number of benzene rings is 1. The highest BCUT2D eigenvalue weighted by molar-refractivity contribution is 8.03. The minimum atomic E-state index is -2.69. The Morgan fingerprint density at radius 1 is 1.45 bits per heavy atom. The van der Waals surface area contributed by atoms with E-state index >= 15 is 4.39 Å². The number of nitrogens with one attached hydrogen (secondary N) is 1. The summed E-state index contributed by atoms with van der Waals surface area (Å²) in [5.74, 6) is 0.746. The molecule has 0 radical (unpaired) electrons. The molecule has 0 spiro atoms. The molecule has 3 heterocycles. The topological polar surface area (TPSA) is 102 Å². The number of amides is 1. The molecule has 4 rings (SSSR count). The number of thioether (sulfide) groups is 1. The predicted molar refractivity (Wildman–Crippen MR) is 109 cm³/mol. The third-order valence-electron chi connectivity index (χ3n) is 5.05. The second-order valence-electron chi connectivity index (χ2n) is 7.03. The van der Waals surface area contributed by atoms with Crippen LogP contribution in [-0.2, 0) is 16.1 Å². The predicted octanol–water partition coefficient (Wildman–Crippen LogP) is 2.23. The van der Waals surface area contributed by atoms with E-state index in [1.165, 1.54) is 24.1 Å². The van der Waals surface area contributed by atoms with E-state index in [1.807, 2.05) is 0 Å². The third-order valence-corrected chi connectivity index (χ3v) is 6.11. The van der Waals surface area contributed by atoms with Crippen molar-refractivity contribution >= 4 is 35.1 Å². The van der Waals surface area contributed by atoms with Crippen molar-refractivity contribution in [3.8, 4) is 17.1 Å². The Labute approximate surface area is 179 Å². The van der Waals surface area contributed by atoms with Crippen molar-refractivity contribution in [3.63, 3.8) is 0 Å². The molecule has 8 nitrogen and oxygen atoms in total. The van der Waals surface area contributed by atoms with Gasteiger partial charge in [-0.3, -0.25) is 4.79 Å². The summed E-state index contributed by atoms with van der Waals surface area (Å²) in [4.78, 5) is 28.1. The minimum absolute atomic E-state index is 0.0289. The number of anilines is 2. The number of primary amides is 1. The summed E-state index contributed by atoms with van der Waals surface area (Å²) in [7, 11) is 0. The number of fused-ring (bicyclic) bond motifs is 3. The molecule has 0 aliphatic carbocycles. The third kappa shape index (κ3) is 3.72. The van der Waals surface area contributed by atoms with Crippen molar-refractivity contribution in [2.24, 2.45) is 5.73 Å². The van der Waals surface area contributed by atoms with Gasteiger partial charge in [0.2, 0.25) is 5.91 Å². The van der Waals surface area contributed by atoms with Gasteiger partial charge in [0.15, 0.2) is 28.4 Å². The Bertz CT molecular complexity index is 1090. The first-order valence-electron chi connectivity index (χ1n) is 9.35. The standard InChI is InChI=1S/C19H18F3N5O3S/c1-9(18(23)29)24-11-3-2-10-16(15(11)20)30-5-4-26-6-13(25-19(10)26)27-12(17(21)22)8-31-14(27)7-28/h2-3,6,9,12,17,24H,4-5,8H2,1H3,(H2,23,29)/t9?,12-/m0/s1. The van der Waals surface area contributed by atoms with Gasteiger partial charge in [0.05, 0.1) is 17.8 Å². The maximum atomic E-state index is 15.1. The van der Waals surface area contributed by atoms with Crippen molar-refractivity contribution in [3.05, 3.63) is 29.2 Å². The highest BCUT2D eigenvalue weighted by atomic mass is 32.2. The molecule has 2 aliphatic heterocycles. The van der Waals surface area contributed by atoms with Crippen molar-refractivity contribution in [2.45, 2.75) is 32.0 Å². The van der Waals surface area contributed by atoms with Crippen molar-refractivity contribution < 1.29 is 27.5 Å². The zero-order valence-corrected chi connectivity index (χ0v) is 17.1. The van der Waals surface area contributed by atoms with E-state index < -0.39 is 30.2 Å². The van der Waals surface area contributed by atoms with Crippen LogP contribution < -0.4 is 20.7 Å². The molecule has 0 saturated carbocycles. The summed E-state index contributed by atoms with van der Waals surface area (Å²) in [6, 6.07) is 0.961. The smallest absolute Gasteiger partial charge is 0.259 e. The fraction of sp³-hybridized carbons (Fsp3) is 0.368. The molecule has 12 heteroatoms. The summed E-state index contributed by atoms with van der Waals surface area (Å²) in [5, 5.41) is 2.72. The number of carbonyl (C=O) groups excluding carboxylic acids is 2. The normalized spacial score (nSPS) is 18.7. The fourth-order valence-corrected chi connectivity index (χ4v) is 4.49. The number of carbonyl (C=O) groups is 1. The van der Waals surface area contributed by atoms with E-state index in [-0.39, 0.29) is 41.2 Å². The average molecular weight is 453 g/mol. The molecule has 1 amide bonds. The zero-order valence-electron chi connectivity index (χ0n) is 16.3. The molecule has 2 aliphatic rings. The summed E-state index contributed by atoms with van der Waals surface area (Å²) in [6.45, 7) is 1.89. The van der Waals surface area contributed by atoms with Gasteiger partial charge in [-0.25, -0.2) is 22.9 Å². The first kappa shape index (κ1) is 21.1. The van der Waals surface area contributed by atoms with Crippen molar-refractivity contribution in [1.82, 2.24) is 9.55 Å². The largest absolute Gasteiger partial charge is 0.488 e. The van der Waals surface area contributed by atoms with Gasteiger partial charge in [0, 0.05) is 11.9 Å². The lowest BCUT2D eigenvalue weighted by Crippen LogP contribution is -2.36. The Hall–Kier alpha value is -3.11. The molecule has 31 heavy (non-hydrogen) atoms. The van der Waals surface area contributed by atoms with Gasteiger partial charge < -0.3 is 25.3 Å². The molecule has 2 aromatic rings. The number of rotatable bonds is 5. The Morgan fingerprint density at radius 2 is 2.23 bits per heavy atom. The van der Waals surface area contributed by atoms with Crippen LogP contribution in [0, 0.1) is 5.82 Å². The molecule has 3 N–H and O–H groups in total. The first-order chi connectivity index (χ1) is 14.8. The number of alkyl halides is 2. The summed E-state index contributed by atoms with van der Waals surface area (Å²) >= 11 is 0.989. The quantitative estimate of drug-likeness (QED) is 0.670. The molecule has 1 fully saturated rings. The molecule has 1 aromatic carbocycles. The van der Waals surface area contributed by atoms with Gasteiger partial charge in [-0.1, -0.05) is 11.8 Å². The zero-order chi connectivity index (χ0) is 22.3. The van der Waals surface area contributed by atoms with E-state index in [2.05, 4.69) is 10.3 Å². The van der Waals surface area contributed by atoms with Crippen LogP contribution in [0.4, 0.5) is 24.7 Å². The van der Waals surface area contributed by atoms with Gasteiger partial charge in [-0.2, -0.15) is 0 Å². The molecular weight excluding hydrogens is 435 g/mol. The number of ether oxygens (including phenoxy) is 1. The van der Waals surface area contributed by atoms with Crippen LogP contribution in [0.25, 0.3) is 11.4 Å². The van der Waals surface area contributed by atoms with E-state index in [0.717, 1.165) is 11.8 Å². The number of hydrogen-bond donors (Lipinski definition) is 2. The maximum Gasteiger partial charge on any atom is 0.259 e.